The van der Waals surface area contributed by atoms with Gasteiger partial charge in [-0.05, 0) is 40.0 Å². The van der Waals surface area contributed by atoms with Crippen LogP contribution >= 0.6 is 0 Å². The fourth-order valence-corrected chi connectivity index (χ4v) is 2.25. The molecule has 1 fully saturated rings. The summed E-state index contributed by atoms with van der Waals surface area (Å²) in [6, 6.07) is -1.15. The Morgan fingerprint density at radius 3 is 2.33 bits per heavy atom. The van der Waals surface area contributed by atoms with Crippen molar-refractivity contribution in [2.24, 2.45) is 0 Å². The standard InChI is InChI=1S/C13H21F2NO7S/c1-12(2,3)23-11(18)16-7-5-4-6-9(16)10(17)22-8-13(14,15)24(19,20)21/h9H,4-8H2,1-3H3,(H,19,20,21). The molecule has 0 bridgehead atoms. The van der Waals surface area contributed by atoms with Gasteiger partial charge in [-0.25, -0.2) is 9.59 Å². The van der Waals surface area contributed by atoms with Gasteiger partial charge in [0.05, 0.1) is 0 Å². The smallest absolute Gasteiger partial charge is 0.411 e. The largest absolute Gasteiger partial charge is 0.456 e. The molecule has 0 aromatic heterocycles. The molecular formula is C13H21F2NO7S. The predicted molar refractivity (Wildman–Crippen MR) is 78.0 cm³/mol. The third-order valence-corrected chi connectivity index (χ3v) is 4.04. The summed E-state index contributed by atoms with van der Waals surface area (Å²) in [4.78, 5) is 25.1. The van der Waals surface area contributed by atoms with Crippen molar-refractivity contribution in [3.05, 3.63) is 0 Å². The third kappa shape index (κ3) is 5.55. The molecule has 0 saturated carbocycles. The Balaban J connectivity index is 2.77. The molecule has 1 unspecified atom stereocenters. The lowest BCUT2D eigenvalue weighted by Gasteiger charge is -2.35. The summed E-state index contributed by atoms with van der Waals surface area (Å²) >= 11 is 0. The number of rotatable bonds is 4. The second-order valence-corrected chi connectivity index (χ2v) is 7.95. The fourth-order valence-electron chi connectivity index (χ4n) is 2.04. The average molecular weight is 373 g/mol. The highest BCUT2D eigenvalue weighted by molar-refractivity contribution is 7.86. The van der Waals surface area contributed by atoms with Crippen LogP contribution in [0.25, 0.3) is 0 Å². The molecule has 0 aromatic carbocycles. The number of likely N-dealkylation sites (tertiary alicyclic amines) is 1. The number of halogens is 2. The van der Waals surface area contributed by atoms with E-state index < -0.39 is 45.7 Å². The monoisotopic (exact) mass is 373 g/mol. The summed E-state index contributed by atoms with van der Waals surface area (Å²) in [5.74, 6) is -1.18. The molecule has 1 aliphatic rings. The van der Waals surface area contributed by atoms with Gasteiger partial charge in [0.1, 0.15) is 11.6 Å². The summed E-state index contributed by atoms with van der Waals surface area (Å²) in [7, 11) is -5.70. The van der Waals surface area contributed by atoms with E-state index in [2.05, 4.69) is 4.74 Å². The van der Waals surface area contributed by atoms with Gasteiger partial charge in [-0.2, -0.15) is 17.2 Å². The molecule has 1 atom stereocenters. The number of esters is 1. The van der Waals surface area contributed by atoms with Crippen molar-refractivity contribution in [1.29, 1.82) is 0 Å². The molecule has 1 aliphatic heterocycles. The minimum atomic E-state index is -5.70. The van der Waals surface area contributed by atoms with E-state index in [4.69, 9.17) is 9.29 Å². The molecule has 1 rings (SSSR count). The van der Waals surface area contributed by atoms with Crippen LogP contribution in [0, 0.1) is 0 Å². The van der Waals surface area contributed by atoms with Crippen LogP contribution in [0.3, 0.4) is 0 Å². The maximum atomic E-state index is 13.1. The number of ether oxygens (including phenoxy) is 2. The van der Waals surface area contributed by atoms with Crippen LogP contribution in [0.5, 0.6) is 0 Å². The molecular weight excluding hydrogens is 352 g/mol. The van der Waals surface area contributed by atoms with Crippen LogP contribution in [0.1, 0.15) is 40.0 Å². The van der Waals surface area contributed by atoms with Crippen molar-refractivity contribution >= 4 is 22.2 Å². The molecule has 11 heteroatoms. The second kappa shape index (κ2) is 7.18. The van der Waals surface area contributed by atoms with Crippen molar-refractivity contribution in [3.8, 4) is 0 Å². The second-order valence-electron chi connectivity index (χ2n) is 6.41. The SMILES string of the molecule is CC(C)(C)OC(=O)N1CCCCC1C(=O)OCC(F)(F)S(=O)(=O)O. The van der Waals surface area contributed by atoms with E-state index in [0.29, 0.717) is 12.8 Å². The van der Waals surface area contributed by atoms with E-state index in [0.717, 1.165) is 4.90 Å². The van der Waals surface area contributed by atoms with E-state index in [1.54, 1.807) is 20.8 Å². The molecule has 0 radical (unpaired) electrons. The lowest BCUT2D eigenvalue weighted by molar-refractivity contribution is -0.157. The zero-order valence-corrected chi connectivity index (χ0v) is 14.4. The van der Waals surface area contributed by atoms with Gasteiger partial charge in [0.15, 0.2) is 6.61 Å². The highest BCUT2D eigenvalue weighted by Crippen LogP contribution is 2.24. The first-order chi connectivity index (χ1) is 10.7. The van der Waals surface area contributed by atoms with E-state index in [1.807, 2.05) is 0 Å². The first-order valence-electron chi connectivity index (χ1n) is 7.26. The van der Waals surface area contributed by atoms with Crippen molar-refractivity contribution in [1.82, 2.24) is 4.90 Å². The Morgan fingerprint density at radius 2 is 1.83 bits per heavy atom. The Bertz CT molecular complexity index is 586. The molecule has 1 N–H and O–H groups in total. The maximum absolute atomic E-state index is 13.1. The van der Waals surface area contributed by atoms with Crippen molar-refractivity contribution in [3.63, 3.8) is 0 Å². The van der Waals surface area contributed by atoms with E-state index >= 15 is 0 Å². The number of hydrogen-bond donors (Lipinski definition) is 1. The zero-order valence-electron chi connectivity index (χ0n) is 13.6. The number of carbonyl (C=O) groups is 2. The molecule has 140 valence electrons. The van der Waals surface area contributed by atoms with Crippen LogP contribution in [0.15, 0.2) is 0 Å². The van der Waals surface area contributed by atoms with Crippen molar-refractivity contribution in [2.75, 3.05) is 13.2 Å². The first kappa shape index (κ1) is 20.6. The van der Waals surface area contributed by atoms with Crippen LogP contribution in [0.2, 0.25) is 0 Å². The lowest BCUT2D eigenvalue weighted by atomic mass is 10.0. The highest BCUT2D eigenvalue weighted by atomic mass is 32.2. The Labute approximate surface area is 138 Å². The zero-order chi connectivity index (χ0) is 18.8. The number of nitrogens with zero attached hydrogens (tertiary/aromatic N) is 1. The summed E-state index contributed by atoms with van der Waals surface area (Å²) < 4.78 is 65.1. The lowest BCUT2D eigenvalue weighted by Crippen LogP contribution is -2.51. The number of carbonyl (C=O) groups excluding carboxylic acids is 2. The third-order valence-electron chi connectivity index (χ3n) is 3.16. The van der Waals surface area contributed by atoms with E-state index in [1.165, 1.54) is 0 Å². The first-order valence-corrected chi connectivity index (χ1v) is 8.70. The molecule has 0 spiro atoms. The van der Waals surface area contributed by atoms with Crippen LogP contribution in [0.4, 0.5) is 13.6 Å². The van der Waals surface area contributed by atoms with Crippen LogP contribution in [-0.4, -0.2) is 60.0 Å². The minimum absolute atomic E-state index is 0.176. The van der Waals surface area contributed by atoms with Crippen molar-refractivity contribution in [2.45, 2.75) is 56.9 Å². The Morgan fingerprint density at radius 1 is 1.25 bits per heavy atom. The van der Waals surface area contributed by atoms with Gasteiger partial charge in [0.2, 0.25) is 0 Å². The minimum Gasteiger partial charge on any atom is -0.456 e. The van der Waals surface area contributed by atoms with Crippen LogP contribution < -0.4 is 0 Å². The topological polar surface area (TPSA) is 110 Å². The molecule has 1 heterocycles. The predicted octanol–water partition coefficient (Wildman–Crippen LogP) is 1.80. The number of amides is 1. The highest BCUT2D eigenvalue weighted by Gasteiger charge is 2.46. The van der Waals surface area contributed by atoms with Gasteiger partial charge in [0.25, 0.3) is 0 Å². The fraction of sp³-hybridized carbons (Fsp3) is 0.846. The van der Waals surface area contributed by atoms with Gasteiger partial charge in [-0.1, -0.05) is 0 Å². The Kier molecular flexibility index (Phi) is 6.15. The maximum Gasteiger partial charge on any atom is 0.411 e. The van der Waals surface area contributed by atoms with Crippen LogP contribution in [-0.2, 0) is 24.4 Å². The normalized spacial score (nSPS) is 19.8. The van der Waals surface area contributed by atoms with E-state index in [9.17, 15) is 26.8 Å². The number of hydrogen-bond acceptors (Lipinski definition) is 6. The summed E-state index contributed by atoms with van der Waals surface area (Å²) in [6.07, 6.45) is 0.554. The summed E-state index contributed by atoms with van der Waals surface area (Å²) in [5.41, 5.74) is -0.805. The summed E-state index contributed by atoms with van der Waals surface area (Å²) in [5, 5.41) is -4.62. The molecule has 24 heavy (non-hydrogen) atoms. The van der Waals surface area contributed by atoms with Gasteiger partial charge in [0, 0.05) is 6.54 Å². The number of piperidine rings is 1. The van der Waals surface area contributed by atoms with Gasteiger partial charge in [-0.15, -0.1) is 0 Å². The Hall–Kier alpha value is -1.49. The molecule has 1 saturated heterocycles. The van der Waals surface area contributed by atoms with Crippen molar-refractivity contribution < 1.29 is 40.8 Å². The molecule has 0 aromatic rings. The van der Waals surface area contributed by atoms with Gasteiger partial charge in [-0.3, -0.25) is 9.45 Å². The molecule has 1 amide bonds. The van der Waals surface area contributed by atoms with Gasteiger partial charge < -0.3 is 9.47 Å². The molecule has 0 aliphatic carbocycles. The number of alkyl halides is 2. The average Bonchev–Trinajstić information content (AvgIpc) is 2.41. The summed E-state index contributed by atoms with van der Waals surface area (Å²) in [6.45, 7) is 3.26. The van der Waals surface area contributed by atoms with Gasteiger partial charge >= 0.3 is 27.4 Å². The molecule has 8 nitrogen and oxygen atoms in total. The quantitative estimate of drug-likeness (QED) is 0.591. The van der Waals surface area contributed by atoms with E-state index in [-0.39, 0.29) is 13.0 Å².